The summed E-state index contributed by atoms with van der Waals surface area (Å²) in [6, 6.07) is 97.7. The average Bonchev–Trinajstić information content (AvgIpc) is 0.687. The fraction of sp³-hybridized carbons (Fsp3) is 0. The van der Waals surface area contributed by atoms with E-state index in [0.717, 1.165) is 100 Å². The van der Waals surface area contributed by atoms with E-state index < -0.39 is 110 Å². The molecule has 0 saturated heterocycles. The highest BCUT2D eigenvalue weighted by atomic mass is 16.5. The zero-order valence-corrected chi connectivity index (χ0v) is 61.8. The normalized spacial score (nSPS) is 14.7. The largest absolute Gasteiger partial charge is 0.457 e. The molecule has 24 rings (SSSR count). The highest BCUT2D eigenvalue weighted by Crippen LogP contribution is 2.56. The van der Waals surface area contributed by atoms with Crippen molar-refractivity contribution in [2.75, 3.05) is 9.80 Å². The molecule has 0 unspecified atom stereocenters. The molecule has 0 saturated carbocycles. The third-order valence-electron chi connectivity index (χ3n) is 23.5. The number of ether oxygens (including phenoxy) is 2. The first-order valence-electron chi connectivity index (χ1n) is 46.7. The van der Waals surface area contributed by atoms with Gasteiger partial charge in [0.25, 0.3) is 13.4 Å². The van der Waals surface area contributed by atoms with Gasteiger partial charge in [-0.1, -0.05) is 352 Å². The van der Waals surface area contributed by atoms with Crippen molar-refractivity contribution in [3.8, 4) is 112 Å². The second-order valence-corrected chi connectivity index (χ2v) is 29.7. The number of hydrogen-bond donors (Lipinski definition) is 0. The molecule has 8 heteroatoms. The standard InChI is InChI=1S/C108H68B2N4O2/c1-8-32-69(33-9-1)76-58-60-88-96(62-76)113(105-80(71-36-12-3-13-37-71)50-30-51-81(105)72-38-14-4-15-39-72)98-64-78(111-92-54-26-22-46-84(92)85-47-23-27-55-93(85)111)66-100-103(98)109(88)90-68-91-108(102(107(90)115-100)75-44-20-7-21-45-75)116-101-67-79(112-94-56-28-24-48-86(94)87-49-25-29-57-95(87)112)65-99-104(101)110(91)89-61-59-77(70-34-10-2-11-35-70)63-97(89)114(99)106-82(73-40-16-5-17-41-73)52-31-53-83(106)74-42-18-6-19-43-74/h1-68H/i22D,23D,24D,25D,26D,27D,28D,29D,46D,47D,48D,49D,54D,55D,56D,57D. The SMILES string of the molecule is [2H]c1c([2H])c([2H])c2c(c1[2H])c1c([2H])c([2H])c([2H])c([2H])c1n2-c1cc2c3c(c1)N(c1c(-c4ccccc4)cccc1-c1ccccc1)c1cc(-c4ccccc4)ccc1B3c1cc3c(c(-c4ccccc4)c1O2)Oc1cc(-n2c4c([2H])c([2H])c([2H])c([2H])c4c4c([2H])c([2H])c([2H])c([2H])c42)cc2c1B3c1ccc(-c3ccccc3)cc1N2c1c(-c2ccccc2)cccc1-c1ccccc1. The van der Waals surface area contributed by atoms with E-state index in [0.29, 0.717) is 55.9 Å². The summed E-state index contributed by atoms with van der Waals surface area (Å²) in [5.74, 6) is 1.25. The van der Waals surface area contributed by atoms with Crippen LogP contribution < -0.4 is 52.1 Å². The molecule has 18 aromatic carbocycles. The van der Waals surface area contributed by atoms with Crippen LogP contribution in [0.4, 0.5) is 34.1 Å². The quantitative estimate of drug-likeness (QED) is 0.121. The molecule has 0 bridgehead atoms. The molecule has 2 aromatic heterocycles. The average molecular weight is 1490 g/mol. The van der Waals surface area contributed by atoms with E-state index in [4.69, 9.17) is 9.47 Å². The van der Waals surface area contributed by atoms with Crippen LogP contribution >= 0.6 is 0 Å². The van der Waals surface area contributed by atoms with Crippen LogP contribution in [0.3, 0.4) is 0 Å². The second-order valence-electron chi connectivity index (χ2n) is 29.7. The van der Waals surface area contributed by atoms with Gasteiger partial charge in [0.2, 0.25) is 0 Å². The smallest absolute Gasteiger partial charge is 0.256 e. The van der Waals surface area contributed by atoms with Gasteiger partial charge in [-0.3, -0.25) is 0 Å². The fourth-order valence-corrected chi connectivity index (χ4v) is 18.6. The molecule has 0 spiro atoms. The van der Waals surface area contributed by atoms with Crippen LogP contribution in [0.1, 0.15) is 21.9 Å². The first-order valence-corrected chi connectivity index (χ1v) is 38.7. The van der Waals surface area contributed by atoms with Crippen molar-refractivity contribution in [3.05, 3.63) is 412 Å². The molecular formula is C108H68B2N4O2. The van der Waals surface area contributed by atoms with Crippen molar-refractivity contribution in [3.63, 3.8) is 0 Å². The number of fused-ring (bicyclic) bond motifs is 14. The van der Waals surface area contributed by atoms with E-state index in [2.05, 4.69) is 161 Å². The topological polar surface area (TPSA) is 34.8 Å². The summed E-state index contributed by atoms with van der Waals surface area (Å²) in [4.78, 5) is 4.55. The fourth-order valence-electron chi connectivity index (χ4n) is 18.6. The Hall–Kier alpha value is -15.1. The predicted octanol–water partition coefficient (Wildman–Crippen LogP) is 24.4. The predicted molar refractivity (Wildman–Crippen MR) is 485 cm³/mol. The van der Waals surface area contributed by atoms with Crippen molar-refractivity contribution in [1.29, 1.82) is 0 Å². The van der Waals surface area contributed by atoms with Gasteiger partial charge in [0.05, 0.1) is 72.3 Å². The lowest BCUT2D eigenvalue weighted by atomic mass is 9.30. The van der Waals surface area contributed by atoms with Crippen LogP contribution in [0.25, 0.3) is 133 Å². The van der Waals surface area contributed by atoms with Crippen LogP contribution in [0.2, 0.25) is 0 Å². The van der Waals surface area contributed by atoms with E-state index >= 15 is 0 Å². The Kier molecular flexibility index (Phi) is 11.6. The summed E-state index contributed by atoms with van der Waals surface area (Å²) in [5, 5.41) is -0.432. The number of para-hydroxylation sites is 6. The zero-order chi connectivity index (χ0) is 90.0. The second kappa shape index (κ2) is 26.3. The first kappa shape index (κ1) is 51.4. The summed E-state index contributed by atoms with van der Waals surface area (Å²) in [5.41, 5.74) is 20.3. The van der Waals surface area contributed by atoms with Gasteiger partial charge in [-0.15, -0.1) is 0 Å². The van der Waals surface area contributed by atoms with Crippen molar-refractivity contribution < 1.29 is 31.4 Å². The molecule has 538 valence electrons. The van der Waals surface area contributed by atoms with Gasteiger partial charge in [-0.2, -0.15) is 0 Å². The number of anilines is 6. The minimum absolute atomic E-state index is 0.0970. The maximum atomic E-state index is 10.0. The summed E-state index contributed by atoms with van der Waals surface area (Å²) >= 11 is 0. The van der Waals surface area contributed by atoms with Crippen LogP contribution in [-0.4, -0.2) is 22.6 Å². The molecular weight excluding hydrogens is 1410 g/mol. The van der Waals surface area contributed by atoms with E-state index in [-0.39, 0.29) is 66.5 Å². The number of hydrogen-bond acceptors (Lipinski definition) is 4. The van der Waals surface area contributed by atoms with E-state index in [1.165, 1.54) is 0 Å². The zero-order valence-electron chi connectivity index (χ0n) is 77.8. The lowest BCUT2D eigenvalue weighted by Crippen LogP contribution is -2.63. The lowest BCUT2D eigenvalue weighted by molar-refractivity contribution is 0.469. The molecule has 6 nitrogen and oxygen atoms in total. The van der Waals surface area contributed by atoms with Gasteiger partial charge in [-0.05, 0) is 131 Å². The van der Waals surface area contributed by atoms with Crippen LogP contribution in [-0.2, 0) is 0 Å². The maximum absolute atomic E-state index is 10.0. The minimum atomic E-state index is -0.794. The third-order valence-corrected chi connectivity index (χ3v) is 23.5. The van der Waals surface area contributed by atoms with Crippen molar-refractivity contribution >= 4 is 124 Å². The van der Waals surface area contributed by atoms with Gasteiger partial charge in [0.1, 0.15) is 23.0 Å². The van der Waals surface area contributed by atoms with Crippen LogP contribution in [0.5, 0.6) is 23.0 Å². The molecule has 4 aliphatic rings. The van der Waals surface area contributed by atoms with Crippen molar-refractivity contribution in [1.82, 2.24) is 9.13 Å². The maximum Gasteiger partial charge on any atom is 0.256 e. The molecule has 0 atom stereocenters. The molecule has 0 amide bonds. The Morgan fingerprint density at radius 1 is 0.241 bits per heavy atom. The molecule has 20 aromatic rings. The highest BCUT2D eigenvalue weighted by Gasteiger charge is 2.50. The van der Waals surface area contributed by atoms with E-state index in [1.807, 2.05) is 164 Å². The van der Waals surface area contributed by atoms with Gasteiger partial charge in [-0.25, -0.2) is 0 Å². The van der Waals surface area contributed by atoms with Crippen molar-refractivity contribution in [2.45, 2.75) is 0 Å². The van der Waals surface area contributed by atoms with E-state index in [1.54, 1.807) is 9.13 Å². The number of benzene rings is 18. The summed E-state index contributed by atoms with van der Waals surface area (Å²) in [6.45, 7) is -1.59. The lowest BCUT2D eigenvalue weighted by Gasteiger charge is -2.44. The van der Waals surface area contributed by atoms with Crippen LogP contribution in [0, 0.1) is 0 Å². The molecule has 116 heavy (non-hydrogen) atoms. The summed E-state index contributed by atoms with van der Waals surface area (Å²) in [6.07, 6.45) is 0. The monoisotopic (exact) mass is 1490 g/mol. The van der Waals surface area contributed by atoms with E-state index in [9.17, 15) is 21.9 Å². The molecule has 0 N–H and O–H groups in total. The minimum Gasteiger partial charge on any atom is -0.457 e. The number of nitrogens with zero attached hydrogens (tertiary/aromatic N) is 4. The Labute approximate surface area is 695 Å². The molecule has 0 aliphatic carbocycles. The van der Waals surface area contributed by atoms with Crippen molar-refractivity contribution in [2.24, 2.45) is 0 Å². The Balaban J connectivity index is 0.869. The Morgan fingerprint density at radius 3 is 0.871 bits per heavy atom. The Morgan fingerprint density at radius 2 is 0.543 bits per heavy atom. The van der Waals surface area contributed by atoms with Gasteiger partial charge >= 0.3 is 0 Å². The third kappa shape index (κ3) is 10.1. The molecule has 4 aliphatic heterocycles. The number of aromatic nitrogens is 2. The summed E-state index contributed by atoms with van der Waals surface area (Å²) in [7, 11) is 0. The molecule has 0 radical (unpaired) electrons. The van der Waals surface area contributed by atoms with Crippen LogP contribution in [0.15, 0.2) is 412 Å². The van der Waals surface area contributed by atoms with Gasteiger partial charge in [0, 0.05) is 78.7 Å². The summed E-state index contributed by atoms with van der Waals surface area (Å²) < 4.78 is 173. The van der Waals surface area contributed by atoms with Gasteiger partial charge in [0.15, 0.2) is 0 Å². The first-order chi connectivity index (χ1) is 64.2. The molecule has 0 fully saturated rings. The Bertz CT molecular complexity index is 7690. The highest BCUT2D eigenvalue weighted by molar-refractivity contribution is 7.02. The molecule has 6 heterocycles. The van der Waals surface area contributed by atoms with Gasteiger partial charge < -0.3 is 28.4 Å². The number of rotatable bonds is 11.